The van der Waals surface area contributed by atoms with Crippen molar-refractivity contribution in [1.29, 1.82) is 0 Å². The number of benzene rings is 1. The molecule has 1 amide bonds. The van der Waals surface area contributed by atoms with Crippen LogP contribution in [0, 0.1) is 0 Å². The number of aromatic nitrogens is 1. The third-order valence-electron chi connectivity index (χ3n) is 3.45. The summed E-state index contributed by atoms with van der Waals surface area (Å²) in [7, 11) is 0. The summed E-state index contributed by atoms with van der Waals surface area (Å²) in [6.07, 6.45) is 2.90. The van der Waals surface area contributed by atoms with Crippen molar-refractivity contribution < 1.29 is 9.53 Å². The summed E-state index contributed by atoms with van der Waals surface area (Å²) in [5, 5.41) is 6.97. The van der Waals surface area contributed by atoms with E-state index in [0.717, 1.165) is 12.8 Å². The van der Waals surface area contributed by atoms with E-state index in [1.54, 1.807) is 36.5 Å². The molecular formula is C16H15Cl2N3O2. The van der Waals surface area contributed by atoms with Gasteiger partial charge in [-0.05, 0) is 43.2 Å². The van der Waals surface area contributed by atoms with Crippen molar-refractivity contribution in [3.05, 3.63) is 46.6 Å². The Morgan fingerprint density at radius 1 is 1.26 bits per heavy atom. The predicted octanol–water partition coefficient (Wildman–Crippen LogP) is 4.25. The molecule has 0 aliphatic carbocycles. The zero-order valence-electron chi connectivity index (χ0n) is 12.2. The molecule has 1 aromatic heterocycles. The number of halogens is 2. The molecule has 5 nitrogen and oxygen atoms in total. The molecule has 0 radical (unpaired) electrons. The molecule has 120 valence electrons. The lowest BCUT2D eigenvalue weighted by atomic mass is 10.2. The number of carbonyl (C=O) groups is 1. The fraction of sp³-hybridized carbons (Fsp3) is 0.250. The van der Waals surface area contributed by atoms with Crippen molar-refractivity contribution in [2.24, 2.45) is 0 Å². The Labute approximate surface area is 144 Å². The quantitative estimate of drug-likeness (QED) is 0.864. The second-order valence-electron chi connectivity index (χ2n) is 5.17. The lowest BCUT2D eigenvalue weighted by molar-refractivity contribution is -0.124. The van der Waals surface area contributed by atoms with Crippen LogP contribution in [0.2, 0.25) is 10.0 Å². The Hall–Kier alpha value is -1.82. The topological polar surface area (TPSA) is 63.2 Å². The van der Waals surface area contributed by atoms with Gasteiger partial charge >= 0.3 is 0 Å². The van der Waals surface area contributed by atoms with E-state index in [0.29, 0.717) is 33.8 Å². The molecule has 23 heavy (non-hydrogen) atoms. The number of carbonyl (C=O) groups excluding carboxylic acids is 1. The molecule has 0 bridgehead atoms. The minimum absolute atomic E-state index is 0.134. The first kappa shape index (κ1) is 16.1. The van der Waals surface area contributed by atoms with Crippen LogP contribution in [-0.2, 0) is 9.53 Å². The van der Waals surface area contributed by atoms with Crippen LogP contribution in [0.25, 0.3) is 0 Å². The third-order valence-corrected chi connectivity index (χ3v) is 3.99. The average Bonchev–Trinajstić information content (AvgIpc) is 3.06. The van der Waals surface area contributed by atoms with Crippen molar-refractivity contribution in [3.8, 4) is 0 Å². The number of rotatable bonds is 4. The van der Waals surface area contributed by atoms with Crippen molar-refractivity contribution in [3.63, 3.8) is 0 Å². The van der Waals surface area contributed by atoms with Gasteiger partial charge in [0.2, 0.25) is 0 Å². The van der Waals surface area contributed by atoms with E-state index in [-0.39, 0.29) is 12.0 Å². The molecule has 0 spiro atoms. The average molecular weight is 352 g/mol. The summed E-state index contributed by atoms with van der Waals surface area (Å²) < 4.78 is 5.34. The minimum atomic E-state index is -0.360. The summed E-state index contributed by atoms with van der Waals surface area (Å²) in [4.78, 5) is 16.2. The fourth-order valence-electron chi connectivity index (χ4n) is 2.28. The van der Waals surface area contributed by atoms with E-state index < -0.39 is 0 Å². The number of anilines is 3. The first-order chi connectivity index (χ1) is 11.1. The lowest BCUT2D eigenvalue weighted by Gasteiger charge is -2.11. The summed E-state index contributed by atoms with van der Waals surface area (Å²) in [5.74, 6) is 0.482. The molecule has 1 aliphatic rings. The lowest BCUT2D eigenvalue weighted by Crippen LogP contribution is -2.26. The fourth-order valence-corrected chi connectivity index (χ4v) is 2.73. The molecular weight excluding hydrogens is 337 g/mol. The third kappa shape index (κ3) is 4.13. The van der Waals surface area contributed by atoms with Crippen molar-refractivity contribution >= 4 is 46.3 Å². The minimum Gasteiger partial charge on any atom is -0.368 e. The van der Waals surface area contributed by atoms with E-state index in [9.17, 15) is 4.79 Å². The Balaban J connectivity index is 1.63. The van der Waals surface area contributed by atoms with Gasteiger partial charge in [0.1, 0.15) is 11.9 Å². The number of amides is 1. The van der Waals surface area contributed by atoms with E-state index in [2.05, 4.69) is 15.6 Å². The van der Waals surface area contributed by atoms with E-state index in [4.69, 9.17) is 27.9 Å². The van der Waals surface area contributed by atoms with Gasteiger partial charge in [-0.25, -0.2) is 4.98 Å². The number of nitrogens with one attached hydrogen (secondary N) is 2. The highest BCUT2D eigenvalue weighted by molar-refractivity contribution is 6.36. The zero-order chi connectivity index (χ0) is 16.2. The summed E-state index contributed by atoms with van der Waals surface area (Å²) >= 11 is 12.0. The number of hydrogen-bond acceptors (Lipinski definition) is 4. The normalized spacial score (nSPS) is 17.0. The van der Waals surface area contributed by atoms with Crippen LogP contribution in [0.15, 0.2) is 36.5 Å². The molecule has 2 N–H and O–H groups in total. The predicted molar refractivity (Wildman–Crippen MR) is 91.6 cm³/mol. The van der Waals surface area contributed by atoms with Gasteiger partial charge in [-0.15, -0.1) is 0 Å². The van der Waals surface area contributed by atoms with E-state index in [1.165, 1.54) is 0 Å². The number of hydrogen-bond donors (Lipinski definition) is 2. The van der Waals surface area contributed by atoms with Crippen LogP contribution in [0.5, 0.6) is 0 Å². The van der Waals surface area contributed by atoms with Crippen molar-refractivity contribution in [2.75, 3.05) is 17.2 Å². The van der Waals surface area contributed by atoms with Crippen LogP contribution in [-0.4, -0.2) is 23.6 Å². The van der Waals surface area contributed by atoms with E-state index >= 15 is 0 Å². The van der Waals surface area contributed by atoms with Gasteiger partial charge in [-0.3, -0.25) is 4.79 Å². The molecule has 1 saturated heterocycles. The highest BCUT2D eigenvalue weighted by atomic mass is 35.5. The van der Waals surface area contributed by atoms with Gasteiger partial charge in [0.05, 0.1) is 22.6 Å². The smallest absolute Gasteiger partial charge is 0.253 e. The first-order valence-electron chi connectivity index (χ1n) is 7.22. The molecule has 0 saturated carbocycles. The summed E-state index contributed by atoms with van der Waals surface area (Å²) in [6.45, 7) is 0.640. The van der Waals surface area contributed by atoms with Crippen LogP contribution < -0.4 is 10.6 Å². The molecule has 1 fully saturated rings. The Bertz CT molecular complexity index is 701. The monoisotopic (exact) mass is 351 g/mol. The second kappa shape index (κ2) is 7.17. The number of pyridine rings is 1. The second-order valence-corrected chi connectivity index (χ2v) is 6.02. The van der Waals surface area contributed by atoms with E-state index in [1.807, 2.05) is 0 Å². The molecule has 1 aromatic carbocycles. The van der Waals surface area contributed by atoms with Crippen LogP contribution in [0.1, 0.15) is 12.8 Å². The Kier molecular flexibility index (Phi) is 5.00. The Morgan fingerprint density at radius 2 is 2.13 bits per heavy atom. The van der Waals surface area contributed by atoms with Crippen molar-refractivity contribution in [2.45, 2.75) is 18.9 Å². The van der Waals surface area contributed by atoms with Gasteiger partial charge in [0, 0.05) is 11.6 Å². The van der Waals surface area contributed by atoms with Crippen LogP contribution in [0.4, 0.5) is 17.2 Å². The van der Waals surface area contributed by atoms with Gasteiger partial charge in [0.15, 0.2) is 0 Å². The maximum atomic E-state index is 12.0. The maximum absolute atomic E-state index is 12.0. The molecule has 1 atom stereocenters. The highest BCUT2D eigenvalue weighted by Gasteiger charge is 2.23. The standard InChI is InChI=1S/C16H15Cl2N3O2/c17-10-3-5-13(12(18)8-10)21-15-6-4-11(9-19-15)20-16(22)14-2-1-7-23-14/h3-6,8-9,14H,1-2,7H2,(H,19,21)(H,20,22). The Morgan fingerprint density at radius 3 is 2.78 bits per heavy atom. The summed E-state index contributed by atoms with van der Waals surface area (Å²) in [5.41, 5.74) is 1.33. The molecule has 2 aromatic rings. The van der Waals surface area contributed by atoms with Gasteiger partial charge in [-0.2, -0.15) is 0 Å². The highest BCUT2D eigenvalue weighted by Crippen LogP contribution is 2.27. The molecule has 2 heterocycles. The molecule has 3 rings (SSSR count). The molecule has 1 unspecified atom stereocenters. The largest absolute Gasteiger partial charge is 0.368 e. The summed E-state index contributed by atoms with van der Waals surface area (Å²) in [6, 6.07) is 8.70. The maximum Gasteiger partial charge on any atom is 0.253 e. The van der Waals surface area contributed by atoms with Gasteiger partial charge < -0.3 is 15.4 Å². The number of ether oxygens (including phenoxy) is 1. The first-order valence-corrected chi connectivity index (χ1v) is 7.98. The zero-order valence-corrected chi connectivity index (χ0v) is 13.7. The van der Waals surface area contributed by atoms with Crippen molar-refractivity contribution in [1.82, 2.24) is 4.98 Å². The van der Waals surface area contributed by atoms with Gasteiger partial charge in [-0.1, -0.05) is 23.2 Å². The number of nitrogens with zero attached hydrogens (tertiary/aromatic N) is 1. The SMILES string of the molecule is O=C(Nc1ccc(Nc2ccc(Cl)cc2Cl)nc1)C1CCCO1. The molecule has 1 aliphatic heterocycles. The molecule has 7 heteroatoms. The van der Waals surface area contributed by atoms with Gasteiger partial charge in [0.25, 0.3) is 5.91 Å². The van der Waals surface area contributed by atoms with Crippen LogP contribution >= 0.6 is 23.2 Å². The van der Waals surface area contributed by atoms with Crippen LogP contribution in [0.3, 0.4) is 0 Å².